The van der Waals surface area contributed by atoms with E-state index in [2.05, 4.69) is 0 Å². The third-order valence-electron chi connectivity index (χ3n) is 4.46. The summed E-state index contributed by atoms with van der Waals surface area (Å²) in [5.74, 6) is 2.98. The zero-order valence-electron chi connectivity index (χ0n) is 15.9. The van der Waals surface area contributed by atoms with Gasteiger partial charge in [-0.3, -0.25) is 4.79 Å². The molecule has 1 atom stereocenters. The normalized spacial score (nSPS) is 16.4. The number of carbonyl (C=O) groups is 1. The van der Waals surface area contributed by atoms with Gasteiger partial charge in [-0.15, -0.1) is 11.8 Å². The lowest BCUT2D eigenvalue weighted by Gasteiger charge is -2.27. The first kappa shape index (κ1) is 19.2. The summed E-state index contributed by atoms with van der Waals surface area (Å²) in [5, 5.41) is -0.168. The van der Waals surface area contributed by atoms with Crippen LogP contribution in [0.15, 0.2) is 36.4 Å². The van der Waals surface area contributed by atoms with Crippen LogP contribution in [0.4, 0.5) is 0 Å². The first-order valence-electron chi connectivity index (χ1n) is 8.45. The Kier molecular flexibility index (Phi) is 6.01. The van der Waals surface area contributed by atoms with Crippen molar-refractivity contribution in [2.45, 2.75) is 11.9 Å². The second kappa shape index (κ2) is 8.43. The summed E-state index contributed by atoms with van der Waals surface area (Å²) < 4.78 is 21.8. The molecule has 1 amide bonds. The first-order valence-corrected chi connectivity index (χ1v) is 9.50. The minimum atomic E-state index is -0.168. The molecule has 1 heterocycles. The smallest absolute Gasteiger partial charge is 0.234 e. The fourth-order valence-corrected chi connectivity index (χ4v) is 4.37. The number of carbonyl (C=O) groups excluding carboxylic acids is 1. The lowest BCUT2D eigenvalue weighted by Crippen LogP contribution is -2.28. The van der Waals surface area contributed by atoms with Gasteiger partial charge in [0, 0.05) is 12.1 Å². The summed E-state index contributed by atoms with van der Waals surface area (Å²) in [5.41, 5.74) is 1.89. The van der Waals surface area contributed by atoms with Gasteiger partial charge in [-0.1, -0.05) is 12.1 Å². The summed E-state index contributed by atoms with van der Waals surface area (Å²) in [6, 6.07) is 11.5. The number of amides is 1. The fourth-order valence-electron chi connectivity index (χ4n) is 3.17. The summed E-state index contributed by atoms with van der Waals surface area (Å²) in [6.45, 7) is 0.491. The average molecular weight is 389 g/mol. The number of thioether (sulfide) groups is 1. The molecule has 1 fully saturated rings. The highest BCUT2D eigenvalue weighted by Gasteiger charge is 2.36. The Balaban J connectivity index is 1.96. The van der Waals surface area contributed by atoms with Gasteiger partial charge in [-0.05, 0) is 29.8 Å². The van der Waals surface area contributed by atoms with Gasteiger partial charge in [0.25, 0.3) is 0 Å². The Morgan fingerprint density at radius 1 is 1.00 bits per heavy atom. The molecule has 1 saturated heterocycles. The number of rotatable bonds is 7. The minimum absolute atomic E-state index is 0.0876. The Labute approximate surface area is 163 Å². The van der Waals surface area contributed by atoms with Crippen LogP contribution in [0.3, 0.4) is 0 Å². The molecular weight excluding hydrogens is 366 g/mol. The van der Waals surface area contributed by atoms with E-state index >= 15 is 0 Å². The zero-order chi connectivity index (χ0) is 19.4. The van der Waals surface area contributed by atoms with Gasteiger partial charge in [0.2, 0.25) is 11.7 Å². The quantitative estimate of drug-likeness (QED) is 0.723. The van der Waals surface area contributed by atoms with E-state index in [4.69, 9.17) is 18.9 Å². The summed E-state index contributed by atoms with van der Waals surface area (Å²) >= 11 is 1.57. The molecule has 1 unspecified atom stereocenters. The van der Waals surface area contributed by atoms with E-state index in [9.17, 15) is 4.79 Å². The van der Waals surface area contributed by atoms with Crippen LogP contribution in [-0.4, -0.2) is 45.0 Å². The van der Waals surface area contributed by atoms with Crippen molar-refractivity contribution in [2.24, 2.45) is 0 Å². The van der Waals surface area contributed by atoms with Crippen molar-refractivity contribution >= 4 is 17.7 Å². The van der Waals surface area contributed by atoms with E-state index in [1.54, 1.807) is 40.2 Å². The molecule has 0 radical (unpaired) electrons. The Morgan fingerprint density at radius 3 is 2.44 bits per heavy atom. The van der Waals surface area contributed by atoms with Gasteiger partial charge in [-0.25, -0.2) is 0 Å². The standard InChI is InChI=1S/C20H23NO5S/c1-23-14-7-5-6-13(10-14)11-21-17(22)12-27-20(21)15-8-9-16(24-2)19(26-4)18(15)25-3/h5-10,20H,11-12H2,1-4H3. The molecule has 144 valence electrons. The van der Waals surface area contributed by atoms with Gasteiger partial charge in [0.15, 0.2) is 11.5 Å². The third kappa shape index (κ3) is 3.78. The third-order valence-corrected chi connectivity index (χ3v) is 5.69. The van der Waals surface area contributed by atoms with Crippen LogP contribution in [0.1, 0.15) is 16.5 Å². The van der Waals surface area contributed by atoms with Crippen LogP contribution < -0.4 is 18.9 Å². The zero-order valence-corrected chi connectivity index (χ0v) is 16.7. The summed E-state index contributed by atoms with van der Waals surface area (Å²) in [6.07, 6.45) is 0. The molecule has 0 bridgehead atoms. The Bertz CT molecular complexity index is 826. The van der Waals surface area contributed by atoms with E-state index in [1.807, 2.05) is 41.3 Å². The highest BCUT2D eigenvalue weighted by atomic mass is 32.2. The van der Waals surface area contributed by atoms with Crippen molar-refractivity contribution in [2.75, 3.05) is 34.2 Å². The SMILES string of the molecule is COc1cccc(CN2C(=O)CSC2c2ccc(OC)c(OC)c2OC)c1. The molecule has 0 saturated carbocycles. The van der Waals surface area contributed by atoms with Crippen molar-refractivity contribution in [3.05, 3.63) is 47.5 Å². The van der Waals surface area contributed by atoms with E-state index in [1.165, 1.54) is 0 Å². The van der Waals surface area contributed by atoms with Crippen LogP contribution >= 0.6 is 11.8 Å². The van der Waals surface area contributed by atoms with Gasteiger partial charge in [0.1, 0.15) is 11.1 Å². The molecule has 0 spiro atoms. The van der Waals surface area contributed by atoms with Gasteiger partial charge in [0.05, 0.1) is 34.2 Å². The molecule has 1 aliphatic heterocycles. The van der Waals surface area contributed by atoms with E-state index < -0.39 is 0 Å². The predicted octanol–water partition coefficient (Wildman–Crippen LogP) is 3.50. The van der Waals surface area contributed by atoms with E-state index in [-0.39, 0.29) is 11.3 Å². The molecule has 0 aromatic heterocycles. The van der Waals surface area contributed by atoms with Crippen LogP contribution in [0.2, 0.25) is 0 Å². The van der Waals surface area contributed by atoms with Gasteiger partial charge >= 0.3 is 0 Å². The topological polar surface area (TPSA) is 57.2 Å². The number of methoxy groups -OCH3 is 4. The molecule has 2 aromatic rings. The molecule has 1 aliphatic rings. The lowest BCUT2D eigenvalue weighted by atomic mass is 10.1. The minimum Gasteiger partial charge on any atom is -0.497 e. The van der Waals surface area contributed by atoms with Crippen molar-refractivity contribution in [3.63, 3.8) is 0 Å². The molecule has 0 aliphatic carbocycles. The predicted molar refractivity (Wildman–Crippen MR) is 105 cm³/mol. The maximum Gasteiger partial charge on any atom is 0.234 e. The monoisotopic (exact) mass is 389 g/mol. The number of hydrogen-bond donors (Lipinski definition) is 0. The summed E-state index contributed by atoms with van der Waals surface area (Å²) in [4.78, 5) is 14.4. The highest BCUT2D eigenvalue weighted by Crippen LogP contribution is 2.49. The molecule has 0 N–H and O–H groups in total. The largest absolute Gasteiger partial charge is 0.497 e. The summed E-state index contributed by atoms with van der Waals surface area (Å²) in [7, 11) is 6.38. The molecular formula is C20H23NO5S. The fraction of sp³-hybridized carbons (Fsp3) is 0.350. The number of ether oxygens (including phenoxy) is 4. The maximum atomic E-state index is 12.6. The van der Waals surface area contributed by atoms with Gasteiger partial charge < -0.3 is 23.8 Å². The molecule has 2 aromatic carbocycles. The van der Waals surface area contributed by atoms with Crippen LogP contribution in [0.5, 0.6) is 23.0 Å². The van der Waals surface area contributed by atoms with Crippen LogP contribution in [-0.2, 0) is 11.3 Å². The number of nitrogens with zero attached hydrogens (tertiary/aromatic N) is 1. The van der Waals surface area contributed by atoms with Crippen molar-refractivity contribution in [1.29, 1.82) is 0 Å². The molecule has 7 heteroatoms. The lowest BCUT2D eigenvalue weighted by molar-refractivity contribution is -0.128. The maximum absolute atomic E-state index is 12.6. The van der Waals surface area contributed by atoms with E-state index in [0.29, 0.717) is 29.5 Å². The van der Waals surface area contributed by atoms with Crippen molar-refractivity contribution in [1.82, 2.24) is 4.90 Å². The van der Waals surface area contributed by atoms with Crippen LogP contribution in [0, 0.1) is 0 Å². The van der Waals surface area contributed by atoms with Crippen molar-refractivity contribution in [3.8, 4) is 23.0 Å². The second-order valence-electron chi connectivity index (χ2n) is 5.96. The van der Waals surface area contributed by atoms with E-state index in [0.717, 1.165) is 16.9 Å². The molecule has 3 rings (SSSR count). The molecule has 6 nitrogen and oxygen atoms in total. The van der Waals surface area contributed by atoms with Crippen LogP contribution in [0.25, 0.3) is 0 Å². The Hall–Kier alpha value is -2.54. The number of hydrogen-bond acceptors (Lipinski definition) is 6. The highest BCUT2D eigenvalue weighted by molar-refractivity contribution is 8.00. The average Bonchev–Trinajstić information content (AvgIpc) is 3.06. The molecule has 27 heavy (non-hydrogen) atoms. The number of benzene rings is 2. The second-order valence-corrected chi connectivity index (χ2v) is 7.03. The first-order chi connectivity index (χ1) is 13.1. The van der Waals surface area contributed by atoms with Crippen molar-refractivity contribution < 1.29 is 23.7 Å². The Morgan fingerprint density at radius 2 is 1.78 bits per heavy atom. The van der Waals surface area contributed by atoms with Gasteiger partial charge in [-0.2, -0.15) is 0 Å².